The van der Waals surface area contributed by atoms with E-state index in [4.69, 9.17) is 0 Å². The summed E-state index contributed by atoms with van der Waals surface area (Å²) in [5.74, 6) is 0. The maximum atomic E-state index is 4.44. The van der Waals surface area contributed by atoms with Crippen molar-refractivity contribution in [1.82, 2.24) is 0 Å². The largest absolute Gasteiger partial charge is 0.135 e. The van der Waals surface area contributed by atoms with Crippen molar-refractivity contribution >= 4 is 58.6 Å². The third-order valence-electron chi connectivity index (χ3n) is 13.2. The summed E-state index contributed by atoms with van der Waals surface area (Å²) in [5, 5.41) is 7.80. The van der Waals surface area contributed by atoms with Gasteiger partial charge in [0.2, 0.25) is 0 Å². The van der Waals surface area contributed by atoms with Gasteiger partial charge in [0.15, 0.2) is 0 Å². The molecule has 1 heterocycles. The second-order valence-electron chi connectivity index (χ2n) is 16.9. The van der Waals surface area contributed by atoms with Crippen molar-refractivity contribution in [2.75, 3.05) is 0 Å². The highest BCUT2D eigenvalue weighted by molar-refractivity contribution is 7.26. The third kappa shape index (κ3) is 4.35. The topological polar surface area (TPSA) is 0 Å². The van der Waals surface area contributed by atoms with Gasteiger partial charge < -0.3 is 0 Å². The Morgan fingerprint density at radius 3 is 1.79 bits per heavy atom. The Morgan fingerprint density at radius 2 is 1.07 bits per heavy atom. The normalized spacial score (nSPS) is 15.2. The van der Waals surface area contributed by atoms with Crippen LogP contribution in [0.3, 0.4) is 0 Å². The minimum absolute atomic E-state index is 0.0665. The van der Waals surface area contributed by atoms with E-state index in [0.717, 1.165) is 0 Å². The number of hydrogen-bond donors (Lipinski definition) is 0. The van der Waals surface area contributed by atoms with E-state index in [2.05, 4.69) is 193 Å². The summed E-state index contributed by atoms with van der Waals surface area (Å²) in [4.78, 5) is 0. The summed E-state index contributed by atoms with van der Waals surface area (Å²) >= 11 is 1.91. The zero-order valence-corrected chi connectivity index (χ0v) is 33.4. The maximum absolute atomic E-state index is 4.44. The number of allylic oxidation sites excluding steroid dienone is 2. The van der Waals surface area contributed by atoms with Crippen molar-refractivity contribution in [2.24, 2.45) is 0 Å². The van der Waals surface area contributed by atoms with E-state index in [1.165, 1.54) is 120 Å². The van der Waals surface area contributed by atoms with Crippen molar-refractivity contribution in [3.8, 4) is 33.4 Å². The molecule has 0 spiro atoms. The quantitative estimate of drug-likeness (QED) is 0.158. The molecule has 0 saturated heterocycles. The lowest BCUT2D eigenvalue weighted by atomic mass is 9.79. The Bertz CT molecular complexity index is 3160. The monoisotopic (exact) mass is 734 g/mol. The van der Waals surface area contributed by atoms with Crippen LogP contribution in [0.15, 0.2) is 164 Å². The van der Waals surface area contributed by atoms with E-state index >= 15 is 0 Å². The Balaban J connectivity index is 1.16. The molecule has 9 aromatic rings. The van der Waals surface area contributed by atoms with Crippen molar-refractivity contribution in [2.45, 2.75) is 45.4 Å². The molecule has 0 nitrogen and oxygen atoms in total. The molecule has 56 heavy (non-hydrogen) atoms. The highest BCUT2D eigenvalue weighted by Gasteiger charge is 2.39. The van der Waals surface area contributed by atoms with Gasteiger partial charge in [0.25, 0.3) is 0 Å². The molecule has 0 N–H and O–H groups in total. The fraction of sp³-hybridized carbons (Fsp3) is 0.127. The summed E-state index contributed by atoms with van der Waals surface area (Å²) in [6.45, 7) is 16.2. The van der Waals surface area contributed by atoms with Gasteiger partial charge in [-0.15, -0.1) is 11.3 Å². The number of thiophene rings is 1. The molecule has 0 atom stereocenters. The van der Waals surface area contributed by atoms with E-state index in [1.54, 1.807) is 0 Å². The lowest BCUT2D eigenvalue weighted by Gasteiger charge is -2.24. The molecule has 268 valence electrons. The average molecular weight is 735 g/mol. The second-order valence-corrected chi connectivity index (χ2v) is 17.9. The van der Waals surface area contributed by atoms with Crippen molar-refractivity contribution in [1.29, 1.82) is 0 Å². The standard InChI is InChI=1S/C55H42S/c1-7-43-52(48-32(2)27-29-39-34-17-13-15-26-47(34)56-53(39)48)41-30-28-33(31-46(41)54(43,3)4)49-35-18-8-10-20-37(35)50(38-21-11-9-19-36(38)49)42-23-16-25-45-51(42)40-22-12-14-24-44(40)55(45,5)6/h7-31H,1H2,2-6H3. The SMILES string of the molecule is C=CC1=C(c2c(C)ccc3c2sc2ccccc23)c2ccc(-c3c4ccccc4c(-c4cccc5c4-c4ccccc4C5(C)C)c4ccccc34)cc2C1(C)C. The Kier molecular flexibility index (Phi) is 6.99. The molecule has 11 rings (SSSR count). The third-order valence-corrected chi connectivity index (χ3v) is 14.4. The average Bonchev–Trinajstić information content (AvgIpc) is 3.79. The maximum Gasteiger partial charge on any atom is 0.0436 e. The number of aryl methyl sites for hydroxylation is 1. The molecule has 1 heteroatoms. The minimum Gasteiger partial charge on any atom is -0.135 e. The van der Waals surface area contributed by atoms with E-state index in [1.807, 2.05) is 11.3 Å². The fourth-order valence-electron chi connectivity index (χ4n) is 10.6. The first-order chi connectivity index (χ1) is 27.2. The molecule has 8 aromatic carbocycles. The van der Waals surface area contributed by atoms with Gasteiger partial charge in [0.1, 0.15) is 0 Å². The predicted octanol–water partition coefficient (Wildman–Crippen LogP) is 15.6. The van der Waals surface area contributed by atoms with Crippen LogP contribution in [0.2, 0.25) is 0 Å². The van der Waals surface area contributed by atoms with Crippen molar-refractivity contribution in [3.05, 3.63) is 197 Å². The number of hydrogen-bond acceptors (Lipinski definition) is 1. The summed E-state index contributed by atoms with van der Waals surface area (Å²) in [7, 11) is 0. The summed E-state index contributed by atoms with van der Waals surface area (Å²) in [6, 6.07) is 54.9. The predicted molar refractivity (Wildman–Crippen MR) is 243 cm³/mol. The first-order valence-corrected chi connectivity index (χ1v) is 20.6. The molecular weight excluding hydrogens is 693 g/mol. The summed E-state index contributed by atoms with van der Waals surface area (Å²) in [6.07, 6.45) is 2.12. The van der Waals surface area contributed by atoms with E-state index < -0.39 is 0 Å². The van der Waals surface area contributed by atoms with Gasteiger partial charge >= 0.3 is 0 Å². The second kappa shape index (κ2) is 11.7. The number of rotatable bonds is 4. The minimum atomic E-state index is -0.232. The Morgan fingerprint density at radius 1 is 0.464 bits per heavy atom. The lowest BCUT2D eigenvalue weighted by molar-refractivity contribution is 0.655. The molecule has 0 amide bonds. The highest BCUT2D eigenvalue weighted by Crippen LogP contribution is 2.56. The Hall–Kier alpha value is -6.02. The molecule has 0 aliphatic heterocycles. The number of fused-ring (bicyclic) bond motifs is 9. The van der Waals surface area contributed by atoms with Crippen LogP contribution in [-0.2, 0) is 10.8 Å². The van der Waals surface area contributed by atoms with Gasteiger partial charge in [0, 0.05) is 36.6 Å². The van der Waals surface area contributed by atoms with Gasteiger partial charge in [-0.25, -0.2) is 0 Å². The molecule has 0 fully saturated rings. The summed E-state index contributed by atoms with van der Waals surface area (Å²) in [5.41, 5.74) is 18.3. The van der Waals surface area contributed by atoms with Crippen LogP contribution < -0.4 is 0 Å². The van der Waals surface area contributed by atoms with Gasteiger partial charge in [0.05, 0.1) is 0 Å². The highest BCUT2D eigenvalue weighted by atomic mass is 32.1. The van der Waals surface area contributed by atoms with Gasteiger partial charge in [-0.05, 0) is 113 Å². The van der Waals surface area contributed by atoms with E-state index in [9.17, 15) is 0 Å². The molecule has 2 aliphatic rings. The van der Waals surface area contributed by atoms with Crippen LogP contribution in [0.1, 0.15) is 61.1 Å². The number of benzene rings is 8. The van der Waals surface area contributed by atoms with Crippen molar-refractivity contribution in [3.63, 3.8) is 0 Å². The molecule has 0 saturated carbocycles. The van der Waals surface area contributed by atoms with E-state index in [0.29, 0.717) is 0 Å². The van der Waals surface area contributed by atoms with Gasteiger partial charge in [-0.2, -0.15) is 0 Å². The van der Waals surface area contributed by atoms with Gasteiger partial charge in [-0.1, -0.05) is 174 Å². The van der Waals surface area contributed by atoms with Crippen LogP contribution in [0.25, 0.3) is 80.7 Å². The van der Waals surface area contributed by atoms with Crippen LogP contribution in [0.4, 0.5) is 0 Å². The van der Waals surface area contributed by atoms with Crippen LogP contribution in [0, 0.1) is 6.92 Å². The van der Waals surface area contributed by atoms with Crippen LogP contribution in [-0.4, -0.2) is 0 Å². The molecular formula is C55H42S. The van der Waals surface area contributed by atoms with Crippen LogP contribution in [0.5, 0.6) is 0 Å². The molecule has 1 aromatic heterocycles. The zero-order chi connectivity index (χ0) is 38.1. The summed E-state index contributed by atoms with van der Waals surface area (Å²) < 4.78 is 2.69. The van der Waals surface area contributed by atoms with Crippen LogP contribution >= 0.6 is 11.3 Å². The molecule has 0 radical (unpaired) electrons. The zero-order valence-electron chi connectivity index (χ0n) is 32.5. The molecule has 2 aliphatic carbocycles. The Labute approximate surface area is 333 Å². The first-order valence-electron chi connectivity index (χ1n) is 19.8. The first kappa shape index (κ1) is 33.3. The van der Waals surface area contributed by atoms with E-state index in [-0.39, 0.29) is 10.8 Å². The lowest BCUT2D eigenvalue weighted by Crippen LogP contribution is -2.16. The molecule has 0 unspecified atom stereocenters. The van der Waals surface area contributed by atoms with Crippen molar-refractivity contribution < 1.29 is 0 Å². The fourth-order valence-corrected chi connectivity index (χ4v) is 11.9. The smallest absolute Gasteiger partial charge is 0.0436 e. The molecule has 0 bridgehead atoms. The van der Waals surface area contributed by atoms with Gasteiger partial charge in [-0.3, -0.25) is 0 Å².